The number of carbonyl (C=O) groups is 1. The van der Waals surface area contributed by atoms with Gasteiger partial charge in [-0.25, -0.2) is 0 Å². The van der Waals surface area contributed by atoms with Crippen molar-refractivity contribution in [3.63, 3.8) is 0 Å². The van der Waals surface area contributed by atoms with Crippen molar-refractivity contribution >= 4 is 16.4 Å². The number of ether oxygens (including phenoxy) is 1. The van der Waals surface area contributed by atoms with Crippen LogP contribution in [0, 0.1) is 0 Å². The van der Waals surface area contributed by atoms with Crippen LogP contribution in [0.5, 0.6) is 5.75 Å². The summed E-state index contributed by atoms with van der Waals surface area (Å²) < 4.78 is 28.2. The molecular weight excluding hydrogens is 398 g/mol. The molecule has 0 spiro atoms. The Morgan fingerprint density at radius 2 is 1.93 bits per heavy atom. The van der Waals surface area contributed by atoms with Crippen molar-refractivity contribution in [3.05, 3.63) is 59.2 Å². The van der Waals surface area contributed by atoms with Crippen LogP contribution in [0.4, 0.5) is 0 Å². The second kappa shape index (κ2) is 9.10. The minimum Gasteiger partial charge on any atom is -0.496 e. The van der Waals surface area contributed by atoms with E-state index in [0.29, 0.717) is 16.2 Å². The Morgan fingerprint density at radius 1 is 1.23 bits per heavy atom. The van der Waals surface area contributed by atoms with E-state index in [-0.39, 0.29) is 17.6 Å². The zero-order chi connectivity index (χ0) is 21.9. The van der Waals surface area contributed by atoms with Crippen LogP contribution in [0.1, 0.15) is 74.0 Å². The van der Waals surface area contributed by atoms with E-state index in [9.17, 15) is 13.9 Å². The second-order valence-corrected chi connectivity index (χ2v) is 10.2. The van der Waals surface area contributed by atoms with Gasteiger partial charge in [-0.1, -0.05) is 57.0 Å². The minimum absolute atomic E-state index is 0.161. The Kier molecular flexibility index (Phi) is 6.92. The summed E-state index contributed by atoms with van der Waals surface area (Å²) in [6.07, 6.45) is 3.66. The zero-order valence-electron chi connectivity index (χ0n) is 18.3. The molecule has 0 unspecified atom stereocenters. The number of hydrogen-bond acceptors (Lipinski definition) is 5. The molecule has 2 aromatic rings. The molecule has 0 aromatic heterocycles. The molecule has 0 saturated carbocycles. The number of carbonyl (C=O) groups excluding carboxylic acids is 1. The Labute approximate surface area is 181 Å². The molecule has 30 heavy (non-hydrogen) atoms. The van der Waals surface area contributed by atoms with E-state index in [0.717, 1.165) is 36.8 Å². The summed E-state index contributed by atoms with van der Waals surface area (Å²) in [6.45, 7) is 5.71. The lowest BCUT2D eigenvalue weighted by Crippen LogP contribution is -2.49. The van der Waals surface area contributed by atoms with Gasteiger partial charge in [0.1, 0.15) is 5.75 Å². The molecule has 3 N–H and O–H groups in total. The Balaban J connectivity index is 2.27. The van der Waals surface area contributed by atoms with Crippen molar-refractivity contribution < 1.29 is 18.6 Å². The number of ketones is 1. The van der Waals surface area contributed by atoms with Crippen LogP contribution < -0.4 is 10.1 Å². The number of fused-ring (bicyclic) bond motifs is 1. The summed E-state index contributed by atoms with van der Waals surface area (Å²) in [5.41, 5.74) is 1.76. The smallest absolute Gasteiger partial charge is 0.163 e. The average Bonchev–Trinajstić information content (AvgIpc) is 2.84. The maximum absolute atomic E-state index is 12.2. The number of hydrogen-bond donors (Lipinski definition) is 3. The summed E-state index contributed by atoms with van der Waals surface area (Å²) in [5, 5.41) is 3.80. The van der Waals surface area contributed by atoms with Gasteiger partial charge >= 0.3 is 0 Å². The van der Waals surface area contributed by atoms with Crippen molar-refractivity contribution in [1.29, 1.82) is 0 Å². The van der Waals surface area contributed by atoms with Gasteiger partial charge in [-0.2, -0.15) is 10.6 Å². The molecule has 2 atom stereocenters. The molecule has 0 aliphatic carbocycles. The first-order valence-corrected chi connectivity index (χ1v) is 12.3. The van der Waals surface area contributed by atoms with Crippen LogP contribution in [-0.2, 0) is 0 Å². The van der Waals surface area contributed by atoms with Gasteiger partial charge in [0.15, 0.2) is 5.78 Å². The molecule has 0 bridgehead atoms. The predicted octanol–water partition coefficient (Wildman–Crippen LogP) is 6.04. The molecule has 1 heterocycles. The lowest BCUT2D eigenvalue weighted by atomic mass is 9.87. The van der Waals surface area contributed by atoms with Gasteiger partial charge in [0.05, 0.1) is 29.4 Å². The van der Waals surface area contributed by atoms with Gasteiger partial charge in [0.25, 0.3) is 0 Å². The Hall–Kier alpha value is -1.86. The highest BCUT2D eigenvalue weighted by molar-refractivity contribution is 8.24. The third kappa shape index (κ3) is 4.42. The molecule has 0 fully saturated rings. The fourth-order valence-corrected chi connectivity index (χ4v) is 6.58. The maximum atomic E-state index is 12.2. The number of rotatable bonds is 7. The fourth-order valence-electron chi connectivity index (χ4n) is 4.37. The Bertz CT molecular complexity index is 900. The molecule has 1 aliphatic heterocycles. The van der Waals surface area contributed by atoms with Crippen molar-refractivity contribution in [2.75, 3.05) is 12.9 Å². The summed E-state index contributed by atoms with van der Waals surface area (Å²) in [5.74, 6) is 0.527. The number of unbranched alkanes of at least 4 members (excludes halogenated alkanes) is 1. The van der Waals surface area contributed by atoms with Crippen LogP contribution in [0.25, 0.3) is 0 Å². The molecular formula is C24H33NO4S. The quantitative estimate of drug-likeness (QED) is 0.466. The first kappa shape index (κ1) is 22.8. The Morgan fingerprint density at radius 3 is 2.50 bits per heavy atom. The molecule has 5 nitrogen and oxygen atoms in total. The molecule has 6 heteroatoms. The second-order valence-electron chi connectivity index (χ2n) is 8.18. The van der Waals surface area contributed by atoms with Gasteiger partial charge in [0.2, 0.25) is 0 Å². The van der Waals surface area contributed by atoms with E-state index in [1.807, 2.05) is 30.3 Å². The van der Waals surface area contributed by atoms with Gasteiger partial charge in [-0.15, -0.1) is 0 Å². The zero-order valence-corrected chi connectivity index (χ0v) is 19.1. The lowest BCUT2D eigenvalue weighted by molar-refractivity contribution is 0.101. The highest BCUT2D eigenvalue weighted by Gasteiger charge is 2.42. The van der Waals surface area contributed by atoms with Crippen molar-refractivity contribution in [1.82, 2.24) is 5.32 Å². The summed E-state index contributed by atoms with van der Waals surface area (Å²) in [4.78, 5) is 12.7. The highest BCUT2D eigenvalue weighted by Crippen LogP contribution is 2.58. The van der Waals surface area contributed by atoms with Crippen LogP contribution in [0.15, 0.2) is 47.4 Å². The molecule has 0 saturated heterocycles. The van der Waals surface area contributed by atoms with E-state index in [4.69, 9.17) is 4.74 Å². The number of benzene rings is 2. The summed E-state index contributed by atoms with van der Waals surface area (Å²) in [7, 11) is -1.59. The van der Waals surface area contributed by atoms with E-state index >= 15 is 0 Å². The molecule has 0 amide bonds. The van der Waals surface area contributed by atoms with Gasteiger partial charge in [-0.05, 0) is 37.5 Å². The molecule has 1 aliphatic rings. The van der Waals surface area contributed by atoms with Crippen LogP contribution in [0.3, 0.4) is 0 Å². The third-order valence-corrected chi connectivity index (χ3v) is 8.13. The van der Waals surface area contributed by atoms with Crippen molar-refractivity contribution in [2.45, 2.75) is 62.9 Å². The third-order valence-electron chi connectivity index (χ3n) is 6.12. The summed E-state index contributed by atoms with van der Waals surface area (Å²) >= 11 is 0. The SMILES string of the molecule is CCCC[C@]1(CC)CS(O)(O)c2cc(C(C)=O)c(OC)cc2[C@@H](c2ccccc2)N1. The molecule has 2 aromatic carbocycles. The standard InChI is InChI=1S/C24H33NO4S/c1-5-7-13-24(6-2)16-30(27,28)22-15-19(17(3)26)21(29-4)14-20(22)23(25-24)18-11-9-8-10-12-18/h8-12,14-15,23,25,27-28H,5-7,13,16H2,1-4H3/t23-,24-/m1/s1. The maximum Gasteiger partial charge on any atom is 0.163 e. The molecule has 3 rings (SSSR count). The minimum atomic E-state index is -3.12. The first-order valence-electron chi connectivity index (χ1n) is 10.6. The van der Waals surface area contributed by atoms with Crippen molar-refractivity contribution in [2.24, 2.45) is 0 Å². The highest BCUT2D eigenvalue weighted by atomic mass is 32.3. The topological polar surface area (TPSA) is 78.8 Å². The van der Waals surface area contributed by atoms with Gasteiger partial charge in [-0.3, -0.25) is 19.2 Å². The van der Waals surface area contributed by atoms with Crippen molar-refractivity contribution in [3.8, 4) is 5.75 Å². The summed E-state index contributed by atoms with van der Waals surface area (Å²) in [6, 6.07) is 13.2. The van der Waals surface area contributed by atoms with Gasteiger partial charge < -0.3 is 4.74 Å². The number of methoxy groups -OCH3 is 1. The van der Waals surface area contributed by atoms with E-state index in [1.165, 1.54) is 14.0 Å². The first-order chi connectivity index (χ1) is 14.3. The average molecular weight is 432 g/mol. The predicted molar refractivity (Wildman–Crippen MR) is 123 cm³/mol. The monoisotopic (exact) mass is 431 g/mol. The number of Topliss-reactive ketones (excluding diaryl/α,β-unsaturated/α-hetero) is 1. The van der Waals surface area contributed by atoms with Gasteiger partial charge in [0, 0.05) is 11.1 Å². The van der Waals surface area contributed by atoms with E-state index < -0.39 is 16.1 Å². The van der Waals surface area contributed by atoms with Crippen LogP contribution in [-0.4, -0.2) is 33.3 Å². The number of nitrogens with one attached hydrogen (secondary N) is 1. The molecule has 0 radical (unpaired) electrons. The van der Waals surface area contributed by atoms with E-state index in [2.05, 4.69) is 19.2 Å². The lowest BCUT2D eigenvalue weighted by Gasteiger charge is -2.42. The van der Waals surface area contributed by atoms with E-state index in [1.54, 1.807) is 12.1 Å². The molecule has 164 valence electrons. The fraction of sp³-hybridized carbons (Fsp3) is 0.458. The largest absolute Gasteiger partial charge is 0.496 e. The van der Waals surface area contributed by atoms with Crippen LogP contribution in [0.2, 0.25) is 0 Å². The normalized spacial score (nSPS) is 23.9. The van der Waals surface area contributed by atoms with Crippen LogP contribution >= 0.6 is 10.6 Å².